The van der Waals surface area contributed by atoms with Crippen LogP contribution in [0.2, 0.25) is 0 Å². The average molecular weight is 418 g/mol. The molecule has 0 aliphatic rings. The lowest BCUT2D eigenvalue weighted by Crippen LogP contribution is -2.23. The number of pyridine rings is 1. The Kier molecular flexibility index (Phi) is 4.91. The van der Waals surface area contributed by atoms with E-state index in [1.54, 1.807) is 12.1 Å². The molecule has 0 aliphatic carbocycles. The fourth-order valence-electron chi connectivity index (χ4n) is 1.57. The molecule has 0 saturated heterocycles. The highest BCUT2D eigenvalue weighted by atomic mass is 127. The third kappa shape index (κ3) is 4.22. The van der Waals surface area contributed by atoms with Crippen molar-refractivity contribution < 1.29 is 18.3 Å². The highest BCUT2D eigenvalue weighted by molar-refractivity contribution is 14.1. The van der Waals surface area contributed by atoms with Crippen LogP contribution in [-0.2, 0) is 16.6 Å². The molecule has 2 aromatic rings. The smallest absolute Gasteiger partial charge is 0.335 e. The number of nitrogens with zero attached hydrogens (tertiary/aromatic N) is 1. The summed E-state index contributed by atoms with van der Waals surface area (Å²) in [5, 5.41) is 8.87. The van der Waals surface area contributed by atoms with Crippen LogP contribution in [0.3, 0.4) is 0 Å². The first-order valence-corrected chi connectivity index (χ1v) is 8.38. The summed E-state index contributed by atoms with van der Waals surface area (Å²) in [5.74, 6) is -1.08. The van der Waals surface area contributed by atoms with Gasteiger partial charge in [0.2, 0.25) is 10.0 Å². The number of sulfonamides is 1. The van der Waals surface area contributed by atoms with Gasteiger partial charge in [-0.15, -0.1) is 0 Å². The number of benzene rings is 1. The first kappa shape index (κ1) is 15.9. The number of rotatable bonds is 5. The molecule has 1 aromatic carbocycles. The fraction of sp³-hybridized carbons (Fsp3) is 0.0769. The van der Waals surface area contributed by atoms with E-state index in [-0.39, 0.29) is 17.0 Å². The predicted octanol–water partition coefficient (Wildman–Crippen LogP) is 1.86. The number of carboxylic acids is 1. The average Bonchev–Trinajstić information content (AvgIpc) is 2.46. The second-order valence-electron chi connectivity index (χ2n) is 4.12. The number of halogens is 1. The summed E-state index contributed by atoms with van der Waals surface area (Å²) < 4.78 is 27.5. The molecule has 1 aromatic heterocycles. The molecule has 0 unspecified atom stereocenters. The summed E-state index contributed by atoms with van der Waals surface area (Å²) in [6.07, 6.45) is 1.33. The van der Waals surface area contributed by atoms with Crippen LogP contribution < -0.4 is 4.72 Å². The SMILES string of the molecule is O=C(O)c1ccnc(CNS(=O)(=O)c2ccc(I)cc2)c1. The lowest BCUT2D eigenvalue weighted by molar-refractivity contribution is 0.0696. The number of aromatic nitrogens is 1. The Bertz CT molecular complexity index is 760. The van der Waals surface area contributed by atoms with Crippen molar-refractivity contribution in [1.29, 1.82) is 0 Å². The monoisotopic (exact) mass is 418 g/mol. The van der Waals surface area contributed by atoms with Gasteiger partial charge in [0.05, 0.1) is 22.7 Å². The van der Waals surface area contributed by atoms with E-state index in [9.17, 15) is 13.2 Å². The van der Waals surface area contributed by atoms with E-state index in [0.29, 0.717) is 5.69 Å². The van der Waals surface area contributed by atoms with Crippen LogP contribution in [0.5, 0.6) is 0 Å². The number of nitrogens with one attached hydrogen (secondary N) is 1. The summed E-state index contributed by atoms with van der Waals surface area (Å²) >= 11 is 2.08. The molecule has 0 saturated carbocycles. The van der Waals surface area contributed by atoms with Crippen molar-refractivity contribution in [3.05, 3.63) is 57.4 Å². The molecule has 6 nitrogen and oxygen atoms in total. The molecule has 0 fully saturated rings. The molecule has 21 heavy (non-hydrogen) atoms. The molecule has 0 aliphatic heterocycles. The van der Waals surface area contributed by atoms with Crippen LogP contribution in [0, 0.1) is 3.57 Å². The Labute approximate surface area is 135 Å². The maximum Gasteiger partial charge on any atom is 0.335 e. The summed E-state index contributed by atoms with van der Waals surface area (Å²) in [6.45, 7) is -0.0740. The Balaban J connectivity index is 2.13. The Morgan fingerprint density at radius 1 is 1.24 bits per heavy atom. The molecular weight excluding hydrogens is 407 g/mol. The summed E-state index contributed by atoms with van der Waals surface area (Å²) in [5.41, 5.74) is 0.400. The number of carbonyl (C=O) groups is 1. The lowest BCUT2D eigenvalue weighted by Gasteiger charge is -2.07. The summed E-state index contributed by atoms with van der Waals surface area (Å²) in [6, 6.07) is 9.07. The minimum absolute atomic E-state index is 0.0634. The second-order valence-corrected chi connectivity index (χ2v) is 7.13. The molecule has 0 radical (unpaired) electrons. The van der Waals surface area contributed by atoms with Gasteiger partial charge in [0, 0.05) is 9.77 Å². The zero-order valence-electron chi connectivity index (χ0n) is 10.7. The topological polar surface area (TPSA) is 96.4 Å². The molecule has 0 atom stereocenters. The number of aromatic carboxylic acids is 1. The summed E-state index contributed by atoms with van der Waals surface area (Å²) in [4.78, 5) is 14.9. The minimum Gasteiger partial charge on any atom is -0.478 e. The maximum absolute atomic E-state index is 12.1. The first-order chi connectivity index (χ1) is 9.88. The van der Waals surface area contributed by atoms with Gasteiger partial charge >= 0.3 is 5.97 Å². The molecule has 2 N–H and O–H groups in total. The van der Waals surface area contributed by atoms with Gasteiger partial charge in [-0.05, 0) is 59.0 Å². The van der Waals surface area contributed by atoms with Gasteiger partial charge in [-0.1, -0.05) is 0 Å². The van der Waals surface area contributed by atoms with Crippen molar-refractivity contribution in [3.63, 3.8) is 0 Å². The molecular formula is C13H11IN2O4S. The zero-order valence-corrected chi connectivity index (χ0v) is 13.6. The molecule has 0 bridgehead atoms. The van der Waals surface area contributed by atoms with E-state index < -0.39 is 16.0 Å². The van der Waals surface area contributed by atoms with Gasteiger partial charge in [0.25, 0.3) is 0 Å². The largest absolute Gasteiger partial charge is 0.478 e. The van der Waals surface area contributed by atoms with E-state index in [1.807, 2.05) is 0 Å². The molecule has 110 valence electrons. The molecule has 2 rings (SSSR count). The van der Waals surface area contributed by atoms with Crippen molar-refractivity contribution in [2.45, 2.75) is 11.4 Å². The number of hydrogen-bond acceptors (Lipinski definition) is 4. The van der Waals surface area contributed by atoms with Crippen LogP contribution in [0.1, 0.15) is 16.1 Å². The van der Waals surface area contributed by atoms with Crippen molar-refractivity contribution in [3.8, 4) is 0 Å². The van der Waals surface area contributed by atoms with E-state index in [0.717, 1.165) is 3.57 Å². The number of carboxylic acid groups (broad SMARTS) is 1. The predicted molar refractivity (Wildman–Crippen MR) is 84.4 cm³/mol. The van der Waals surface area contributed by atoms with Gasteiger partial charge < -0.3 is 5.11 Å². The fourth-order valence-corrected chi connectivity index (χ4v) is 2.93. The third-order valence-electron chi connectivity index (χ3n) is 2.63. The highest BCUT2D eigenvalue weighted by Gasteiger charge is 2.14. The van der Waals surface area contributed by atoms with Gasteiger partial charge in [0.15, 0.2) is 0 Å². The van der Waals surface area contributed by atoms with Crippen LogP contribution in [-0.4, -0.2) is 24.5 Å². The highest BCUT2D eigenvalue weighted by Crippen LogP contribution is 2.12. The van der Waals surface area contributed by atoms with Gasteiger partial charge in [-0.2, -0.15) is 0 Å². The quantitative estimate of drug-likeness (QED) is 0.723. The molecule has 8 heteroatoms. The molecule has 0 spiro atoms. The van der Waals surface area contributed by atoms with E-state index in [4.69, 9.17) is 5.11 Å². The van der Waals surface area contributed by atoms with E-state index >= 15 is 0 Å². The third-order valence-corrected chi connectivity index (χ3v) is 4.77. The van der Waals surface area contributed by atoms with Gasteiger partial charge in [-0.25, -0.2) is 17.9 Å². The number of hydrogen-bond donors (Lipinski definition) is 2. The van der Waals surface area contributed by atoms with Crippen molar-refractivity contribution >= 4 is 38.6 Å². The Morgan fingerprint density at radius 2 is 1.90 bits per heavy atom. The minimum atomic E-state index is -3.65. The van der Waals surface area contributed by atoms with Crippen molar-refractivity contribution in [2.75, 3.05) is 0 Å². The Morgan fingerprint density at radius 3 is 2.52 bits per heavy atom. The Hall–Kier alpha value is -1.52. The van der Waals surface area contributed by atoms with Crippen molar-refractivity contribution in [1.82, 2.24) is 9.71 Å². The van der Waals surface area contributed by atoms with E-state index in [2.05, 4.69) is 32.3 Å². The normalized spacial score (nSPS) is 11.3. The first-order valence-electron chi connectivity index (χ1n) is 5.82. The summed E-state index contributed by atoms with van der Waals surface area (Å²) in [7, 11) is -3.65. The van der Waals surface area contributed by atoms with Gasteiger partial charge in [0.1, 0.15) is 0 Å². The van der Waals surface area contributed by atoms with Crippen LogP contribution in [0.15, 0.2) is 47.5 Å². The van der Waals surface area contributed by atoms with Crippen molar-refractivity contribution in [2.24, 2.45) is 0 Å². The van der Waals surface area contributed by atoms with E-state index in [1.165, 1.54) is 30.5 Å². The van der Waals surface area contributed by atoms with Crippen LogP contribution in [0.25, 0.3) is 0 Å². The maximum atomic E-state index is 12.1. The zero-order chi connectivity index (χ0) is 15.5. The van der Waals surface area contributed by atoms with Crippen LogP contribution >= 0.6 is 22.6 Å². The second kappa shape index (κ2) is 6.50. The molecule has 1 heterocycles. The lowest BCUT2D eigenvalue weighted by atomic mass is 10.2. The standard InChI is InChI=1S/C13H11IN2O4S/c14-10-1-3-12(4-2-10)21(19,20)16-8-11-7-9(13(17)18)5-6-15-11/h1-7,16H,8H2,(H,17,18). The molecule has 0 amide bonds. The van der Waals surface area contributed by atoms with Gasteiger partial charge in [-0.3, -0.25) is 4.98 Å². The van der Waals surface area contributed by atoms with Crippen LogP contribution in [0.4, 0.5) is 0 Å².